The van der Waals surface area contributed by atoms with E-state index in [1.54, 1.807) is 0 Å². The lowest BCUT2D eigenvalue weighted by Crippen LogP contribution is -1.99. The van der Waals surface area contributed by atoms with Crippen molar-refractivity contribution in [3.8, 4) is 11.3 Å². The van der Waals surface area contributed by atoms with Crippen molar-refractivity contribution in [3.05, 3.63) is 47.7 Å². The van der Waals surface area contributed by atoms with E-state index in [2.05, 4.69) is 4.98 Å². The first-order valence-electron chi connectivity index (χ1n) is 4.78. The molecule has 0 saturated carbocycles. The van der Waals surface area contributed by atoms with Gasteiger partial charge in [0.2, 0.25) is 0 Å². The van der Waals surface area contributed by atoms with E-state index < -0.39 is 11.6 Å². The van der Waals surface area contributed by atoms with Crippen molar-refractivity contribution in [3.63, 3.8) is 0 Å². The maximum Gasteiger partial charge on any atom is 0.153 e. The lowest BCUT2D eigenvalue weighted by atomic mass is 10.0. The van der Waals surface area contributed by atoms with Crippen molar-refractivity contribution >= 4 is 12.0 Å². The summed E-state index contributed by atoms with van der Waals surface area (Å²) in [5.74, 6) is -1.25. The van der Waals surface area contributed by atoms with E-state index in [4.69, 9.17) is 5.73 Å². The van der Waals surface area contributed by atoms with Gasteiger partial charge < -0.3 is 5.73 Å². The van der Waals surface area contributed by atoms with Crippen molar-refractivity contribution in [1.29, 1.82) is 0 Å². The highest BCUT2D eigenvalue weighted by Gasteiger charge is 2.13. The van der Waals surface area contributed by atoms with Gasteiger partial charge >= 0.3 is 0 Å². The summed E-state index contributed by atoms with van der Waals surface area (Å²) in [5, 5.41) is 0. The zero-order valence-corrected chi connectivity index (χ0v) is 8.65. The molecular weight excluding hydrogens is 226 g/mol. The fourth-order valence-corrected chi connectivity index (χ4v) is 1.54. The Bertz CT molecular complexity index is 585. The zero-order valence-electron chi connectivity index (χ0n) is 8.65. The van der Waals surface area contributed by atoms with Crippen molar-refractivity contribution in [2.24, 2.45) is 0 Å². The number of aldehydes is 1. The standard InChI is InChI=1S/C12H8F2N2O/c13-7-4-11(15)12(16-5-7)8-2-1-3-10(14)9(8)6-17/h1-6H,15H2. The average Bonchev–Trinajstić information content (AvgIpc) is 2.29. The molecule has 0 bridgehead atoms. The molecule has 3 nitrogen and oxygen atoms in total. The summed E-state index contributed by atoms with van der Waals surface area (Å²) >= 11 is 0. The fourth-order valence-electron chi connectivity index (χ4n) is 1.54. The number of benzene rings is 1. The maximum atomic E-state index is 13.4. The van der Waals surface area contributed by atoms with Gasteiger partial charge in [0, 0.05) is 11.6 Å². The molecule has 2 N–H and O–H groups in total. The van der Waals surface area contributed by atoms with Crippen LogP contribution >= 0.6 is 0 Å². The molecule has 0 spiro atoms. The molecule has 0 aliphatic carbocycles. The molecule has 0 fully saturated rings. The molecule has 0 unspecified atom stereocenters. The Morgan fingerprint density at radius 2 is 2.06 bits per heavy atom. The van der Waals surface area contributed by atoms with Gasteiger partial charge in [0.05, 0.1) is 23.1 Å². The zero-order chi connectivity index (χ0) is 12.4. The summed E-state index contributed by atoms with van der Waals surface area (Å²) < 4.78 is 26.2. The lowest BCUT2D eigenvalue weighted by Gasteiger charge is -2.07. The SMILES string of the molecule is Nc1cc(F)cnc1-c1cccc(F)c1C=O. The minimum atomic E-state index is -0.664. The number of anilines is 1. The Balaban J connectivity index is 2.68. The van der Waals surface area contributed by atoms with E-state index in [1.807, 2.05) is 0 Å². The molecule has 86 valence electrons. The van der Waals surface area contributed by atoms with Gasteiger partial charge in [0.25, 0.3) is 0 Å². The lowest BCUT2D eigenvalue weighted by molar-refractivity contribution is 0.112. The van der Waals surface area contributed by atoms with Gasteiger partial charge in [-0.25, -0.2) is 8.78 Å². The van der Waals surface area contributed by atoms with Crippen LogP contribution in [0.2, 0.25) is 0 Å². The van der Waals surface area contributed by atoms with Gasteiger partial charge in [-0.1, -0.05) is 12.1 Å². The van der Waals surface area contributed by atoms with Crippen molar-refractivity contribution < 1.29 is 13.6 Å². The van der Waals surface area contributed by atoms with E-state index in [-0.39, 0.29) is 22.5 Å². The molecule has 2 aromatic rings. The minimum absolute atomic E-state index is 0.0544. The van der Waals surface area contributed by atoms with Crippen LogP contribution in [0.15, 0.2) is 30.5 Å². The van der Waals surface area contributed by atoms with Crippen LogP contribution in [0.1, 0.15) is 10.4 Å². The second kappa shape index (κ2) is 4.29. The first-order valence-corrected chi connectivity index (χ1v) is 4.78. The Morgan fingerprint density at radius 1 is 1.29 bits per heavy atom. The highest BCUT2D eigenvalue weighted by molar-refractivity contribution is 5.89. The smallest absolute Gasteiger partial charge is 0.153 e. The number of carbonyl (C=O) groups excluding carboxylic acids is 1. The first kappa shape index (κ1) is 11.2. The van der Waals surface area contributed by atoms with Gasteiger partial charge in [0.15, 0.2) is 6.29 Å². The van der Waals surface area contributed by atoms with E-state index in [1.165, 1.54) is 12.1 Å². The highest BCUT2D eigenvalue weighted by atomic mass is 19.1. The predicted octanol–water partition coefficient (Wildman–Crippen LogP) is 2.42. The van der Waals surface area contributed by atoms with Crippen LogP contribution in [0.3, 0.4) is 0 Å². The van der Waals surface area contributed by atoms with Crippen molar-refractivity contribution in [2.75, 3.05) is 5.73 Å². The van der Waals surface area contributed by atoms with E-state index >= 15 is 0 Å². The molecule has 5 heteroatoms. The molecule has 0 aliphatic rings. The van der Waals surface area contributed by atoms with E-state index in [9.17, 15) is 13.6 Å². The van der Waals surface area contributed by atoms with Gasteiger partial charge in [-0.05, 0) is 6.07 Å². The van der Waals surface area contributed by atoms with Crippen LogP contribution in [0.4, 0.5) is 14.5 Å². The Hall–Kier alpha value is -2.30. The van der Waals surface area contributed by atoms with Crippen LogP contribution < -0.4 is 5.73 Å². The summed E-state index contributed by atoms with van der Waals surface area (Å²) in [5.41, 5.74) is 5.94. The van der Waals surface area contributed by atoms with Gasteiger partial charge in [-0.15, -0.1) is 0 Å². The number of pyridine rings is 1. The van der Waals surface area contributed by atoms with Gasteiger partial charge in [0.1, 0.15) is 11.6 Å². The summed E-state index contributed by atoms with van der Waals surface area (Å²) in [4.78, 5) is 14.6. The third-order valence-electron chi connectivity index (χ3n) is 2.31. The number of aromatic nitrogens is 1. The monoisotopic (exact) mass is 234 g/mol. The van der Waals surface area contributed by atoms with E-state index in [0.717, 1.165) is 18.3 Å². The van der Waals surface area contributed by atoms with Crippen LogP contribution in [-0.2, 0) is 0 Å². The Kier molecular flexibility index (Phi) is 2.82. The minimum Gasteiger partial charge on any atom is -0.397 e. The molecule has 1 aromatic carbocycles. The molecule has 0 atom stereocenters. The molecule has 2 rings (SSSR count). The van der Waals surface area contributed by atoms with Crippen molar-refractivity contribution in [1.82, 2.24) is 4.98 Å². The highest BCUT2D eigenvalue weighted by Crippen LogP contribution is 2.27. The molecule has 1 heterocycles. The van der Waals surface area contributed by atoms with Crippen LogP contribution in [0.5, 0.6) is 0 Å². The topological polar surface area (TPSA) is 56.0 Å². The Morgan fingerprint density at radius 3 is 2.71 bits per heavy atom. The maximum absolute atomic E-state index is 13.4. The summed E-state index contributed by atoms with van der Waals surface area (Å²) in [7, 11) is 0. The number of hydrogen-bond donors (Lipinski definition) is 1. The quantitative estimate of drug-likeness (QED) is 0.812. The molecule has 1 aromatic heterocycles. The third kappa shape index (κ3) is 1.99. The second-order valence-corrected chi connectivity index (χ2v) is 3.41. The second-order valence-electron chi connectivity index (χ2n) is 3.41. The Labute approximate surface area is 95.9 Å². The number of rotatable bonds is 2. The van der Waals surface area contributed by atoms with E-state index in [0.29, 0.717) is 6.29 Å². The summed E-state index contributed by atoms with van der Waals surface area (Å²) in [6, 6.07) is 5.17. The molecule has 17 heavy (non-hydrogen) atoms. The number of halogens is 2. The number of carbonyl (C=O) groups is 1. The number of nitrogens with zero attached hydrogens (tertiary/aromatic N) is 1. The predicted molar refractivity (Wildman–Crippen MR) is 59.4 cm³/mol. The first-order chi connectivity index (χ1) is 8.13. The largest absolute Gasteiger partial charge is 0.397 e. The summed E-state index contributed by atoms with van der Waals surface area (Å²) in [6.45, 7) is 0. The summed E-state index contributed by atoms with van der Waals surface area (Å²) in [6.07, 6.45) is 1.35. The number of nitrogens with two attached hydrogens (primary N) is 1. The number of nitrogen functional groups attached to an aromatic ring is 1. The van der Waals surface area contributed by atoms with Gasteiger partial charge in [-0.3, -0.25) is 9.78 Å². The molecule has 0 radical (unpaired) electrons. The third-order valence-corrected chi connectivity index (χ3v) is 2.31. The molecule has 0 amide bonds. The van der Waals surface area contributed by atoms with Crippen LogP contribution in [0.25, 0.3) is 11.3 Å². The average molecular weight is 234 g/mol. The van der Waals surface area contributed by atoms with Crippen molar-refractivity contribution in [2.45, 2.75) is 0 Å². The molecular formula is C12H8F2N2O. The molecule has 0 saturated heterocycles. The number of hydrogen-bond acceptors (Lipinski definition) is 3. The normalized spacial score (nSPS) is 10.2. The van der Waals surface area contributed by atoms with Crippen LogP contribution in [0, 0.1) is 11.6 Å². The van der Waals surface area contributed by atoms with Gasteiger partial charge in [-0.2, -0.15) is 0 Å². The molecule has 0 aliphatic heterocycles. The fraction of sp³-hybridized carbons (Fsp3) is 0. The van der Waals surface area contributed by atoms with Crippen LogP contribution in [-0.4, -0.2) is 11.3 Å².